The Bertz CT molecular complexity index is 1190. The highest BCUT2D eigenvalue weighted by molar-refractivity contribution is 6.01. The van der Waals surface area contributed by atoms with Crippen LogP contribution in [0, 0.1) is 5.92 Å². The number of nitrogens with one attached hydrogen (secondary N) is 2. The Morgan fingerprint density at radius 1 is 1.03 bits per heavy atom. The van der Waals surface area contributed by atoms with Gasteiger partial charge in [0.2, 0.25) is 0 Å². The lowest BCUT2D eigenvalue weighted by Gasteiger charge is -2.38. The maximum absolute atomic E-state index is 13.2. The number of amides is 1. The number of fused-ring (bicyclic) bond motifs is 4. The van der Waals surface area contributed by atoms with Gasteiger partial charge in [-0.25, -0.2) is 0 Å². The van der Waals surface area contributed by atoms with Gasteiger partial charge >= 0.3 is 0 Å². The Balaban J connectivity index is 1.37. The maximum Gasteiger partial charge on any atom is 0.253 e. The first-order valence-electron chi connectivity index (χ1n) is 11.7. The molecule has 3 aliphatic rings. The van der Waals surface area contributed by atoms with Crippen LogP contribution in [0.1, 0.15) is 52.7 Å². The van der Waals surface area contributed by atoms with Crippen LogP contribution in [-0.4, -0.2) is 25.2 Å². The zero-order valence-corrected chi connectivity index (χ0v) is 18.1. The molecule has 1 aliphatic carbocycles. The van der Waals surface area contributed by atoms with Crippen molar-refractivity contribution in [2.24, 2.45) is 5.92 Å². The SMILES string of the molecule is O=C(NCC1CCCO1)c1cccc2c1NC(c1cccc3ccccc13)C1CC=CC21. The van der Waals surface area contributed by atoms with Crippen molar-refractivity contribution in [1.82, 2.24) is 5.32 Å². The normalized spacial score (nSPS) is 25.9. The summed E-state index contributed by atoms with van der Waals surface area (Å²) in [5.74, 6) is 0.738. The van der Waals surface area contributed by atoms with Gasteiger partial charge in [-0.2, -0.15) is 0 Å². The summed E-state index contributed by atoms with van der Waals surface area (Å²) in [7, 11) is 0. The van der Waals surface area contributed by atoms with Crippen molar-refractivity contribution >= 4 is 22.4 Å². The number of benzene rings is 3. The quantitative estimate of drug-likeness (QED) is 0.538. The number of allylic oxidation sites excluding steroid dienone is 2. The van der Waals surface area contributed by atoms with Crippen molar-refractivity contribution in [3.8, 4) is 0 Å². The van der Waals surface area contributed by atoms with Crippen molar-refractivity contribution in [3.05, 3.63) is 89.5 Å². The van der Waals surface area contributed by atoms with Crippen molar-refractivity contribution in [3.63, 3.8) is 0 Å². The molecule has 0 saturated carbocycles. The molecule has 4 nitrogen and oxygen atoms in total. The summed E-state index contributed by atoms with van der Waals surface area (Å²) in [6, 6.07) is 21.4. The average molecular weight is 425 g/mol. The van der Waals surface area contributed by atoms with E-state index in [1.807, 2.05) is 12.1 Å². The third-order valence-corrected chi connectivity index (χ3v) is 7.31. The lowest BCUT2D eigenvalue weighted by atomic mass is 9.75. The van der Waals surface area contributed by atoms with Gasteiger partial charge in [-0.15, -0.1) is 0 Å². The molecule has 4 unspecified atom stereocenters. The van der Waals surface area contributed by atoms with Gasteiger partial charge in [0.1, 0.15) is 0 Å². The van der Waals surface area contributed by atoms with Gasteiger partial charge in [-0.05, 0) is 53.1 Å². The number of carbonyl (C=O) groups is 1. The minimum absolute atomic E-state index is 0.0260. The highest BCUT2D eigenvalue weighted by atomic mass is 16.5. The van der Waals surface area contributed by atoms with E-state index in [0.717, 1.165) is 37.1 Å². The van der Waals surface area contributed by atoms with E-state index in [0.29, 0.717) is 18.4 Å². The lowest BCUT2D eigenvalue weighted by Crippen LogP contribution is -2.34. The van der Waals surface area contributed by atoms with Gasteiger partial charge in [-0.3, -0.25) is 4.79 Å². The smallest absolute Gasteiger partial charge is 0.253 e. The van der Waals surface area contributed by atoms with E-state index < -0.39 is 0 Å². The third-order valence-electron chi connectivity index (χ3n) is 7.31. The summed E-state index contributed by atoms with van der Waals surface area (Å²) in [6.07, 6.45) is 7.90. The fourth-order valence-electron chi connectivity index (χ4n) is 5.75. The van der Waals surface area contributed by atoms with E-state index in [-0.39, 0.29) is 18.1 Å². The molecule has 1 amide bonds. The summed E-state index contributed by atoms with van der Waals surface area (Å²) in [5.41, 5.74) is 4.24. The zero-order valence-electron chi connectivity index (χ0n) is 18.1. The van der Waals surface area contributed by atoms with Crippen LogP contribution in [0.5, 0.6) is 0 Å². The molecule has 1 saturated heterocycles. The Morgan fingerprint density at radius 2 is 1.88 bits per heavy atom. The minimum atomic E-state index is -0.0260. The Labute approximate surface area is 188 Å². The number of ether oxygens (including phenoxy) is 1. The number of para-hydroxylation sites is 1. The highest BCUT2D eigenvalue weighted by Crippen LogP contribution is 2.51. The van der Waals surface area contributed by atoms with Crippen LogP contribution in [0.3, 0.4) is 0 Å². The fourth-order valence-corrected chi connectivity index (χ4v) is 5.75. The average Bonchev–Trinajstić information content (AvgIpc) is 3.54. The predicted molar refractivity (Wildman–Crippen MR) is 128 cm³/mol. The molecular weight excluding hydrogens is 396 g/mol. The molecule has 1 fully saturated rings. The number of carbonyl (C=O) groups excluding carboxylic acids is 1. The van der Waals surface area contributed by atoms with Gasteiger partial charge in [0.15, 0.2) is 0 Å². The van der Waals surface area contributed by atoms with Crippen LogP contribution in [0.25, 0.3) is 10.8 Å². The summed E-state index contributed by atoms with van der Waals surface area (Å²) < 4.78 is 5.68. The molecule has 0 aromatic heterocycles. The molecule has 0 spiro atoms. The van der Waals surface area contributed by atoms with Crippen molar-refractivity contribution in [2.75, 3.05) is 18.5 Å². The van der Waals surface area contributed by atoms with Gasteiger partial charge in [-0.1, -0.05) is 66.7 Å². The maximum atomic E-state index is 13.2. The van der Waals surface area contributed by atoms with Gasteiger partial charge in [0.25, 0.3) is 5.91 Å². The number of hydrogen-bond acceptors (Lipinski definition) is 3. The van der Waals surface area contributed by atoms with Crippen LogP contribution >= 0.6 is 0 Å². The van der Waals surface area contributed by atoms with E-state index >= 15 is 0 Å². The molecule has 0 bridgehead atoms. The minimum Gasteiger partial charge on any atom is -0.377 e. The highest BCUT2D eigenvalue weighted by Gasteiger charge is 2.39. The lowest BCUT2D eigenvalue weighted by molar-refractivity contribution is 0.0858. The standard InChI is InChI=1S/C28H28N2O2/c31-28(29-17-19-9-6-16-32-19)25-15-5-14-24-21-11-4-13-23(21)26(30-27(24)25)22-12-3-8-18-7-1-2-10-20(18)22/h1-5,7-8,10-12,14-15,19,21,23,26,30H,6,9,13,16-17H2,(H,29,31). The predicted octanol–water partition coefficient (Wildman–Crippen LogP) is 5.58. The first-order chi connectivity index (χ1) is 15.8. The fraction of sp³-hybridized carbons (Fsp3) is 0.321. The number of anilines is 1. The Kier molecular flexibility index (Phi) is 4.95. The summed E-state index contributed by atoms with van der Waals surface area (Å²) in [6.45, 7) is 1.37. The first kappa shape index (κ1) is 19.6. The third kappa shape index (κ3) is 3.30. The second-order valence-electron chi connectivity index (χ2n) is 9.16. The molecule has 162 valence electrons. The van der Waals surface area contributed by atoms with E-state index in [2.05, 4.69) is 71.3 Å². The van der Waals surface area contributed by atoms with Crippen LogP contribution in [-0.2, 0) is 4.74 Å². The van der Waals surface area contributed by atoms with Gasteiger partial charge in [0, 0.05) is 19.1 Å². The molecule has 2 aliphatic heterocycles. The van der Waals surface area contributed by atoms with Crippen molar-refractivity contribution < 1.29 is 9.53 Å². The molecule has 4 atom stereocenters. The van der Waals surface area contributed by atoms with E-state index in [1.165, 1.54) is 21.9 Å². The molecule has 32 heavy (non-hydrogen) atoms. The Hall–Kier alpha value is -3.11. The molecule has 4 heteroatoms. The van der Waals surface area contributed by atoms with Crippen LogP contribution in [0.4, 0.5) is 5.69 Å². The van der Waals surface area contributed by atoms with Crippen molar-refractivity contribution in [1.29, 1.82) is 0 Å². The molecule has 0 radical (unpaired) electrons. The summed E-state index contributed by atoms with van der Waals surface area (Å²) >= 11 is 0. The topological polar surface area (TPSA) is 50.4 Å². The summed E-state index contributed by atoms with van der Waals surface area (Å²) in [5, 5.41) is 9.47. The molecule has 3 aromatic rings. The van der Waals surface area contributed by atoms with E-state index in [4.69, 9.17) is 4.74 Å². The molecular formula is C28H28N2O2. The van der Waals surface area contributed by atoms with Crippen LogP contribution < -0.4 is 10.6 Å². The van der Waals surface area contributed by atoms with Crippen LogP contribution in [0.15, 0.2) is 72.8 Å². The zero-order chi connectivity index (χ0) is 21.5. The summed E-state index contributed by atoms with van der Waals surface area (Å²) in [4.78, 5) is 13.2. The van der Waals surface area contributed by atoms with Crippen molar-refractivity contribution in [2.45, 2.75) is 37.3 Å². The largest absolute Gasteiger partial charge is 0.377 e. The number of hydrogen-bond donors (Lipinski definition) is 2. The van der Waals surface area contributed by atoms with Crippen LogP contribution in [0.2, 0.25) is 0 Å². The Morgan fingerprint density at radius 3 is 2.78 bits per heavy atom. The van der Waals surface area contributed by atoms with Gasteiger partial charge in [0.05, 0.1) is 23.4 Å². The molecule has 6 rings (SSSR count). The molecule has 2 heterocycles. The van der Waals surface area contributed by atoms with Gasteiger partial charge < -0.3 is 15.4 Å². The monoisotopic (exact) mass is 424 g/mol. The molecule has 2 N–H and O–H groups in total. The second kappa shape index (κ2) is 8.10. The second-order valence-corrected chi connectivity index (χ2v) is 9.16. The molecule has 3 aromatic carbocycles. The number of rotatable bonds is 4. The van der Waals surface area contributed by atoms with E-state index in [9.17, 15) is 4.79 Å². The first-order valence-corrected chi connectivity index (χ1v) is 11.7. The van der Waals surface area contributed by atoms with E-state index in [1.54, 1.807) is 0 Å².